The topological polar surface area (TPSA) is 64.1 Å². The lowest BCUT2D eigenvalue weighted by molar-refractivity contribution is 0.0891. The molecular weight excluding hydrogens is 286 g/mol. The third-order valence-corrected chi connectivity index (χ3v) is 5.58. The smallest absolute Gasteiger partial charge is 0.167 e. The van der Waals surface area contributed by atoms with Crippen LogP contribution in [0.1, 0.15) is 36.0 Å². The Morgan fingerprint density at radius 2 is 2.16 bits per heavy atom. The molecule has 1 aliphatic carbocycles. The lowest BCUT2D eigenvalue weighted by Crippen LogP contribution is -2.31. The quantitative estimate of drug-likeness (QED) is 0.805. The number of pyridine rings is 1. The van der Waals surface area contributed by atoms with Crippen molar-refractivity contribution in [3.8, 4) is 0 Å². The molecule has 1 aliphatic rings. The van der Waals surface area contributed by atoms with Crippen LogP contribution in [0.25, 0.3) is 0 Å². The highest BCUT2D eigenvalue weighted by Crippen LogP contribution is 2.32. The van der Waals surface area contributed by atoms with Crippen molar-refractivity contribution in [3.05, 3.63) is 29.0 Å². The molecule has 0 aromatic carbocycles. The summed E-state index contributed by atoms with van der Waals surface area (Å²) >= 11 is 5.96. The molecule has 1 aromatic heterocycles. The number of aromatic nitrogens is 1. The van der Waals surface area contributed by atoms with Gasteiger partial charge in [0.15, 0.2) is 5.78 Å². The highest BCUT2D eigenvalue weighted by atomic mass is 35.5. The molecule has 4 nitrogen and oxygen atoms in total. The third kappa shape index (κ3) is 3.34. The van der Waals surface area contributed by atoms with Gasteiger partial charge in [0.25, 0.3) is 0 Å². The lowest BCUT2D eigenvalue weighted by atomic mass is 9.84. The van der Waals surface area contributed by atoms with Crippen LogP contribution < -0.4 is 0 Å². The zero-order valence-corrected chi connectivity index (χ0v) is 12.2. The van der Waals surface area contributed by atoms with Gasteiger partial charge in [-0.3, -0.25) is 9.78 Å². The molecule has 2 rings (SSSR count). The molecule has 19 heavy (non-hydrogen) atoms. The number of hydrogen-bond donors (Lipinski definition) is 0. The highest BCUT2D eigenvalue weighted by molar-refractivity contribution is 7.91. The maximum Gasteiger partial charge on any atom is 0.167 e. The fourth-order valence-electron chi connectivity index (χ4n) is 2.57. The Labute approximate surface area is 118 Å². The zero-order chi connectivity index (χ0) is 14.0. The summed E-state index contributed by atoms with van der Waals surface area (Å²) < 4.78 is 23.2. The second kappa shape index (κ2) is 5.59. The van der Waals surface area contributed by atoms with Gasteiger partial charge in [0.05, 0.1) is 10.3 Å². The minimum Gasteiger partial charge on any atom is -0.294 e. The second-order valence-corrected chi connectivity index (χ2v) is 7.77. The van der Waals surface area contributed by atoms with Gasteiger partial charge in [0.2, 0.25) is 0 Å². The van der Waals surface area contributed by atoms with Crippen LogP contribution in [0.2, 0.25) is 5.02 Å². The normalized spacial score (nSPS) is 24.1. The van der Waals surface area contributed by atoms with Crippen LogP contribution in [-0.4, -0.2) is 30.7 Å². The SMILES string of the molecule is CS(=O)(=O)C1CCCC(C(=O)c2ccncc2Cl)C1. The van der Waals surface area contributed by atoms with Crippen LogP contribution in [0.4, 0.5) is 0 Å². The number of rotatable bonds is 3. The molecule has 0 aliphatic heterocycles. The fraction of sp³-hybridized carbons (Fsp3) is 0.538. The van der Waals surface area contributed by atoms with Crippen LogP contribution in [0.3, 0.4) is 0 Å². The molecular formula is C13H16ClNO3S. The van der Waals surface area contributed by atoms with Gasteiger partial charge in [0.1, 0.15) is 9.84 Å². The van der Waals surface area contributed by atoms with Gasteiger partial charge in [-0.25, -0.2) is 8.42 Å². The van der Waals surface area contributed by atoms with Crippen LogP contribution in [0.5, 0.6) is 0 Å². The predicted molar refractivity (Wildman–Crippen MR) is 74.2 cm³/mol. The molecule has 1 heterocycles. The minimum atomic E-state index is -3.08. The first-order chi connectivity index (χ1) is 8.89. The molecule has 0 radical (unpaired) electrons. The maximum absolute atomic E-state index is 12.4. The van der Waals surface area contributed by atoms with E-state index in [4.69, 9.17) is 11.6 Å². The summed E-state index contributed by atoms with van der Waals surface area (Å²) in [5, 5.41) is -0.0789. The number of sulfone groups is 1. The molecule has 2 unspecified atom stereocenters. The standard InChI is InChI=1S/C13H16ClNO3S/c1-19(17,18)10-4-2-3-9(7-10)13(16)11-5-6-15-8-12(11)14/h5-6,8-10H,2-4,7H2,1H3. The van der Waals surface area contributed by atoms with E-state index in [1.54, 1.807) is 6.07 Å². The Balaban J connectivity index is 2.19. The average Bonchev–Trinajstić information content (AvgIpc) is 2.38. The van der Waals surface area contributed by atoms with Crippen LogP contribution in [-0.2, 0) is 9.84 Å². The van der Waals surface area contributed by atoms with Gasteiger partial charge in [-0.05, 0) is 25.3 Å². The number of Topliss-reactive ketones (excluding diaryl/α,β-unsaturated/α-hetero) is 1. The monoisotopic (exact) mass is 301 g/mol. The first-order valence-electron chi connectivity index (χ1n) is 6.22. The Kier molecular flexibility index (Phi) is 4.26. The molecule has 6 heteroatoms. The van der Waals surface area contributed by atoms with E-state index in [0.717, 1.165) is 12.8 Å². The van der Waals surface area contributed by atoms with Gasteiger partial charge in [-0.2, -0.15) is 0 Å². The van der Waals surface area contributed by atoms with Crippen LogP contribution >= 0.6 is 11.6 Å². The number of ketones is 1. The predicted octanol–water partition coefficient (Wildman–Crippen LogP) is 2.52. The van der Waals surface area contributed by atoms with Crippen molar-refractivity contribution >= 4 is 27.2 Å². The van der Waals surface area contributed by atoms with Crippen LogP contribution in [0, 0.1) is 5.92 Å². The van der Waals surface area contributed by atoms with E-state index < -0.39 is 15.1 Å². The summed E-state index contributed by atoms with van der Waals surface area (Å²) in [5.74, 6) is -0.325. The first kappa shape index (κ1) is 14.5. The van der Waals surface area contributed by atoms with Crippen molar-refractivity contribution in [2.75, 3.05) is 6.26 Å². The Morgan fingerprint density at radius 3 is 2.79 bits per heavy atom. The largest absolute Gasteiger partial charge is 0.294 e. The second-order valence-electron chi connectivity index (χ2n) is 5.03. The molecule has 0 N–H and O–H groups in total. The van der Waals surface area contributed by atoms with Crippen molar-refractivity contribution < 1.29 is 13.2 Å². The van der Waals surface area contributed by atoms with Gasteiger partial charge >= 0.3 is 0 Å². The molecule has 0 saturated heterocycles. The molecule has 0 bridgehead atoms. The number of nitrogens with zero attached hydrogens (tertiary/aromatic N) is 1. The molecule has 1 aromatic rings. The van der Waals surface area contributed by atoms with E-state index in [0.29, 0.717) is 23.4 Å². The summed E-state index contributed by atoms with van der Waals surface area (Å²) in [6, 6.07) is 1.59. The van der Waals surface area contributed by atoms with Crippen LogP contribution in [0.15, 0.2) is 18.5 Å². The summed E-state index contributed by atoms with van der Waals surface area (Å²) in [7, 11) is -3.08. The minimum absolute atomic E-state index is 0.0687. The third-order valence-electron chi connectivity index (χ3n) is 3.64. The molecule has 0 spiro atoms. The maximum atomic E-state index is 12.4. The Morgan fingerprint density at radius 1 is 1.42 bits per heavy atom. The van der Waals surface area contributed by atoms with E-state index in [1.807, 2.05) is 0 Å². The van der Waals surface area contributed by atoms with Crippen molar-refractivity contribution in [2.45, 2.75) is 30.9 Å². The zero-order valence-electron chi connectivity index (χ0n) is 10.7. The summed E-state index contributed by atoms with van der Waals surface area (Å²) in [6.45, 7) is 0. The van der Waals surface area contributed by atoms with Gasteiger partial charge in [-0.15, -0.1) is 0 Å². The van der Waals surface area contributed by atoms with E-state index in [-0.39, 0.29) is 11.7 Å². The lowest BCUT2D eigenvalue weighted by Gasteiger charge is -2.27. The van der Waals surface area contributed by atoms with E-state index in [1.165, 1.54) is 18.6 Å². The van der Waals surface area contributed by atoms with E-state index in [9.17, 15) is 13.2 Å². The van der Waals surface area contributed by atoms with Gasteiger partial charge < -0.3 is 0 Å². The molecule has 104 valence electrons. The number of hydrogen-bond acceptors (Lipinski definition) is 4. The molecule has 1 fully saturated rings. The number of carbonyl (C=O) groups is 1. The van der Waals surface area contributed by atoms with Gasteiger partial charge in [0, 0.05) is 30.1 Å². The van der Waals surface area contributed by atoms with Crippen molar-refractivity contribution in [1.82, 2.24) is 4.98 Å². The Bertz CT molecular complexity index is 585. The summed E-state index contributed by atoms with van der Waals surface area (Å²) in [6.07, 6.45) is 6.73. The molecule has 2 atom stereocenters. The first-order valence-corrected chi connectivity index (χ1v) is 8.55. The molecule has 1 saturated carbocycles. The van der Waals surface area contributed by atoms with Gasteiger partial charge in [-0.1, -0.05) is 18.0 Å². The summed E-state index contributed by atoms with van der Waals surface area (Å²) in [4.78, 5) is 16.2. The van der Waals surface area contributed by atoms with Crippen molar-refractivity contribution in [3.63, 3.8) is 0 Å². The number of halogens is 1. The summed E-state index contributed by atoms with van der Waals surface area (Å²) in [5.41, 5.74) is 0.441. The number of carbonyl (C=O) groups excluding carboxylic acids is 1. The van der Waals surface area contributed by atoms with Crippen molar-refractivity contribution in [2.24, 2.45) is 5.92 Å². The van der Waals surface area contributed by atoms with E-state index in [2.05, 4.69) is 4.98 Å². The van der Waals surface area contributed by atoms with E-state index >= 15 is 0 Å². The van der Waals surface area contributed by atoms with Crippen molar-refractivity contribution in [1.29, 1.82) is 0 Å². The Hall–Kier alpha value is -0.940. The average molecular weight is 302 g/mol. The molecule has 0 amide bonds. The highest BCUT2D eigenvalue weighted by Gasteiger charge is 2.33. The fourth-order valence-corrected chi connectivity index (χ4v) is 3.96.